The lowest BCUT2D eigenvalue weighted by molar-refractivity contribution is -0.0591. The van der Waals surface area contributed by atoms with E-state index in [1.807, 2.05) is 0 Å². The smallest absolute Gasteiger partial charge is 0.338 e. The number of hydrogen-bond acceptors (Lipinski definition) is 6. The van der Waals surface area contributed by atoms with E-state index in [4.69, 9.17) is 9.47 Å². The van der Waals surface area contributed by atoms with Crippen molar-refractivity contribution in [1.82, 2.24) is 0 Å². The molecule has 2 aromatic carbocycles. The van der Waals surface area contributed by atoms with Crippen molar-refractivity contribution in [3.63, 3.8) is 0 Å². The lowest BCUT2D eigenvalue weighted by Gasteiger charge is -2.24. The number of nitrogens with zero attached hydrogens (tertiary/aromatic N) is 1. The fraction of sp³-hybridized carbons (Fsp3) is 0.250. The topological polar surface area (TPSA) is 85.2 Å². The molecule has 0 saturated heterocycles. The second kappa shape index (κ2) is 10.2. The van der Waals surface area contributed by atoms with Crippen LogP contribution in [0.3, 0.4) is 0 Å². The molecule has 0 amide bonds. The minimum absolute atomic E-state index is 0.205. The summed E-state index contributed by atoms with van der Waals surface area (Å²) >= 11 is 0. The third-order valence-electron chi connectivity index (χ3n) is 3.63. The van der Waals surface area contributed by atoms with Crippen LogP contribution in [0.15, 0.2) is 65.7 Å². The zero-order valence-corrected chi connectivity index (χ0v) is 14.7. The van der Waals surface area contributed by atoms with Crippen LogP contribution in [-0.4, -0.2) is 55.3 Å². The fourth-order valence-corrected chi connectivity index (χ4v) is 2.26. The number of carbonyl (C=O) groups is 2. The highest BCUT2D eigenvalue weighted by Crippen LogP contribution is 2.13. The molecule has 142 valence electrons. The van der Waals surface area contributed by atoms with Crippen molar-refractivity contribution in [3.8, 4) is 0 Å². The Hall–Kier alpha value is -3.06. The zero-order valence-electron chi connectivity index (χ0n) is 14.7. The number of esters is 2. The molecule has 0 aliphatic heterocycles. The molecule has 0 aliphatic carbocycles. The van der Waals surface area contributed by atoms with Gasteiger partial charge in [0.05, 0.1) is 11.1 Å². The van der Waals surface area contributed by atoms with E-state index in [9.17, 15) is 19.1 Å². The number of ether oxygens (including phenoxy) is 2. The summed E-state index contributed by atoms with van der Waals surface area (Å²) in [5.74, 6) is -1.48. The highest BCUT2D eigenvalue weighted by Gasteiger charge is 2.32. The van der Waals surface area contributed by atoms with Gasteiger partial charge in [-0.25, -0.2) is 14.0 Å². The van der Waals surface area contributed by atoms with Crippen molar-refractivity contribution in [2.45, 2.75) is 18.4 Å². The SMILES string of the molecule is C/N=C\[C@@H](F)[C@H](OC(=O)c1ccccc1)[C@H](O)COC(=O)c1ccccc1. The summed E-state index contributed by atoms with van der Waals surface area (Å²) < 4.78 is 24.4. The first kappa shape index (κ1) is 20.3. The lowest BCUT2D eigenvalue weighted by atomic mass is 10.1. The zero-order chi connectivity index (χ0) is 19.6. The summed E-state index contributed by atoms with van der Waals surface area (Å²) in [4.78, 5) is 27.7. The standard InChI is InChI=1S/C20H20FNO5/c1-22-12-16(21)18(27-20(25)15-10-6-3-7-11-15)17(23)13-26-19(24)14-8-4-2-5-9-14/h2-12,16-18,23H,13H2,1H3/b22-12-/t16-,17-,18+/m1/s1. The van der Waals surface area contributed by atoms with E-state index in [2.05, 4.69) is 4.99 Å². The van der Waals surface area contributed by atoms with Crippen molar-refractivity contribution in [2.75, 3.05) is 13.7 Å². The highest BCUT2D eigenvalue weighted by molar-refractivity contribution is 5.90. The molecule has 0 fully saturated rings. The molecule has 0 aliphatic rings. The molecule has 0 radical (unpaired) electrons. The minimum Gasteiger partial charge on any atom is -0.459 e. The quantitative estimate of drug-likeness (QED) is 0.568. The van der Waals surface area contributed by atoms with Crippen LogP contribution in [0.5, 0.6) is 0 Å². The van der Waals surface area contributed by atoms with E-state index in [-0.39, 0.29) is 11.1 Å². The average molecular weight is 373 g/mol. The largest absolute Gasteiger partial charge is 0.459 e. The summed E-state index contributed by atoms with van der Waals surface area (Å²) in [5.41, 5.74) is 0.492. The van der Waals surface area contributed by atoms with E-state index < -0.39 is 36.9 Å². The molecule has 0 heterocycles. The van der Waals surface area contributed by atoms with E-state index >= 15 is 0 Å². The van der Waals surface area contributed by atoms with E-state index in [1.165, 1.54) is 19.2 Å². The van der Waals surface area contributed by atoms with Gasteiger partial charge in [-0.15, -0.1) is 0 Å². The first-order valence-electron chi connectivity index (χ1n) is 8.25. The number of carbonyl (C=O) groups excluding carboxylic acids is 2. The summed E-state index contributed by atoms with van der Waals surface area (Å²) in [6.07, 6.45) is -4.11. The molecule has 0 aromatic heterocycles. The molecule has 6 nitrogen and oxygen atoms in total. The maximum absolute atomic E-state index is 14.3. The van der Waals surface area contributed by atoms with Crippen molar-refractivity contribution in [2.24, 2.45) is 4.99 Å². The molecule has 0 bridgehead atoms. The van der Waals surface area contributed by atoms with Crippen molar-refractivity contribution >= 4 is 18.2 Å². The number of aliphatic hydroxyl groups excluding tert-OH is 1. The number of halogens is 1. The number of benzene rings is 2. The number of alkyl halides is 1. The van der Waals surface area contributed by atoms with Crippen LogP contribution in [0.2, 0.25) is 0 Å². The number of rotatable bonds is 8. The highest BCUT2D eigenvalue weighted by atomic mass is 19.1. The van der Waals surface area contributed by atoms with Crippen molar-refractivity contribution < 1.29 is 28.6 Å². The Balaban J connectivity index is 2.04. The first-order valence-corrected chi connectivity index (χ1v) is 8.25. The van der Waals surface area contributed by atoms with Crippen LogP contribution in [-0.2, 0) is 9.47 Å². The van der Waals surface area contributed by atoms with Crippen LogP contribution in [0.25, 0.3) is 0 Å². The van der Waals surface area contributed by atoms with Gasteiger partial charge >= 0.3 is 11.9 Å². The molecular formula is C20H20FNO5. The van der Waals surface area contributed by atoms with E-state index in [1.54, 1.807) is 48.5 Å². The second-order valence-electron chi connectivity index (χ2n) is 5.62. The Morgan fingerprint density at radius 1 is 1.04 bits per heavy atom. The molecule has 1 N–H and O–H groups in total. The molecule has 0 spiro atoms. The maximum atomic E-state index is 14.3. The Bertz CT molecular complexity index is 766. The number of aliphatic imine (C=N–C) groups is 1. The van der Waals surface area contributed by atoms with Gasteiger partial charge in [-0.1, -0.05) is 36.4 Å². The third kappa shape index (κ3) is 6.00. The van der Waals surface area contributed by atoms with Gasteiger partial charge in [-0.2, -0.15) is 0 Å². The summed E-state index contributed by atoms with van der Waals surface area (Å²) in [6, 6.07) is 16.1. The van der Waals surface area contributed by atoms with Crippen molar-refractivity contribution in [3.05, 3.63) is 71.8 Å². The Morgan fingerprint density at radius 3 is 2.07 bits per heavy atom. The van der Waals surface area contributed by atoms with Gasteiger partial charge < -0.3 is 14.6 Å². The van der Waals surface area contributed by atoms with E-state index in [0.29, 0.717) is 0 Å². The fourth-order valence-electron chi connectivity index (χ4n) is 2.26. The summed E-state index contributed by atoms with van der Waals surface area (Å²) in [5, 5.41) is 10.2. The molecule has 0 saturated carbocycles. The Kier molecular flexibility index (Phi) is 7.63. The van der Waals surface area contributed by atoms with Crippen LogP contribution in [0.4, 0.5) is 4.39 Å². The predicted molar refractivity (Wildman–Crippen MR) is 97.7 cm³/mol. The van der Waals surface area contributed by atoms with Crippen LogP contribution in [0.1, 0.15) is 20.7 Å². The second-order valence-corrected chi connectivity index (χ2v) is 5.62. The average Bonchev–Trinajstić information content (AvgIpc) is 2.71. The van der Waals surface area contributed by atoms with Crippen molar-refractivity contribution in [1.29, 1.82) is 0 Å². The Labute approximate surface area is 156 Å². The van der Waals surface area contributed by atoms with E-state index in [0.717, 1.165) is 6.21 Å². The van der Waals surface area contributed by atoms with Gasteiger partial charge in [-0.05, 0) is 24.3 Å². The lowest BCUT2D eigenvalue weighted by Crippen LogP contribution is -2.43. The first-order chi connectivity index (χ1) is 13.0. The molecule has 2 aromatic rings. The van der Waals surface area contributed by atoms with Gasteiger partial charge in [0, 0.05) is 13.3 Å². The van der Waals surface area contributed by atoms with Crippen LogP contribution < -0.4 is 0 Å². The van der Waals surface area contributed by atoms with Gasteiger partial charge in [0.1, 0.15) is 12.7 Å². The van der Waals surface area contributed by atoms with Gasteiger partial charge in [0.25, 0.3) is 0 Å². The molecule has 2 rings (SSSR count). The van der Waals surface area contributed by atoms with Crippen LogP contribution in [0, 0.1) is 0 Å². The Morgan fingerprint density at radius 2 is 1.56 bits per heavy atom. The normalized spacial score (nSPS) is 14.3. The third-order valence-corrected chi connectivity index (χ3v) is 3.63. The summed E-state index contributed by atoms with van der Waals surface area (Å²) in [6.45, 7) is -0.543. The molecule has 3 atom stereocenters. The molecular weight excluding hydrogens is 353 g/mol. The maximum Gasteiger partial charge on any atom is 0.338 e. The predicted octanol–water partition coefficient (Wildman–Crippen LogP) is 2.47. The molecule has 27 heavy (non-hydrogen) atoms. The number of hydrogen-bond donors (Lipinski definition) is 1. The van der Waals surface area contributed by atoms with Gasteiger partial charge in [0.15, 0.2) is 12.3 Å². The summed E-state index contributed by atoms with van der Waals surface area (Å²) in [7, 11) is 1.35. The monoisotopic (exact) mass is 373 g/mol. The van der Waals surface area contributed by atoms with Gasteiger partial charge in [0.2, 0.25) is 0 Å². The van der Waals surface area contributed by atoms with Crippen LogP contribution >= 0.6 is 0 Å². The van der Waals surface area contributed by atoms with Gasteiger partial charge in [-0.3, -0.25) is 4.99 Å². The number of aliphatic hydroxyl groups is 1. The molecule has 7 heteroatoms. The minimum atomic E-state index is -1.87. The molecule has 0 unspecified atom stereocenters.